The van der Waals surface area contributed by atoms with Crippen LogP contribution in [0.25, 0.3) is 0 Å². The molecule has 22 heavy (non-hydrogen) atoms. The van der Waals surface area contributed by atoms with E-state index in [1.54, 1.807) is 6.07 Å². The molecule has 1 N–H and O–H groups in total. The zero-order chi connectivity index (χ0) is 15.5. The first-order chi connectivity index (χ1) is 10.6. The molecule has 114 valence electrons. The van der Waals surface area contributed by atoms with E-state index >= 15 is 0 Å². The zero-order valence-corrected chi connectivity index (χ0v) is 13.1. The van der Waals surface area contributed by atoms with Gasteiger partial charge in [-0.3, -0.25) is 4.79 Å². The molecule has 1 aliphatic heterocycles. The third-order valence-corrected chi connectivity index (χ3v) is 6.33. The second kappa shape index (κ2) is 6.71. The summed E-state index contributed by atoms with van der Waals surface area (Å²) >= 11 is 3.71. The van der Waals surface area contributed by atoms with Crippen LogP contribution in [0.3, 0.4) is 0 Å². The van der Waals surface area contributed by atoms with Gasteiger partial charge in [0.2, 0.25) is 0 Å². The number of thioether (sulfide) groups is 2. The number of carbonyl (C=O) groups excluding carboxylic acids is 1. The van der Waals surface area contributed by atoms with Crippen LogP contribution in [0.5, 0.6) is 0 Å². The van der Waals surface area contributed by atoms with Gasteiger partial charge in [0.05, 0.1) is 4.58 Å². The first-order valence-electron chi connectivity index (χ1n) is 6.73. The molecule has 2 aromatic rings. The van der Waals surface area contributed by atoms with Crippen molar-refractivity contribution in [2.75, 3.05) is 16.8 Å². The Balaban J connectivity index is 1.81. The molecule has 0 aliphatic carbocycles. The zero-order valence-electron chi connectivity index (χ0n) is 11.5. The van der Waals surface area contributed by atoms with Crippen LogP contribution in [-0.4, -0.2) is 17.4 Å². The maximum absolute atomic E-state index is 13.6. The third kappa shape index (κ3) is 3.28. The van der Waals surface area contributed by atoms with Crippen LogP contribution in [0, 0.1) is 11.6 Å². The molecular weight excluding hydrogens is 324 g/mol. The predicted octanol–water partition coefficient (Wildman–Crippen LogP) is 4.70. The number of rotatable bonds is 3. The van der Waals surface area contributed by atoms with Crippen molar-refractivity contribution >= 4 is 35.1 Å². The van der Waals surface area contributed by atoms with E-state index in [0.717, 1.165) is 29.2 Å². The lowest BCUT2D eigenvalue weighted by molar-refractivity contribution is 0.101. The van der Waals surface area contributed by atoms with Gasteiger partial charge in [0, 0.05) is 17.2 Å². The summed E-state index contributed by atoms with van der Waals surface area (Å²) in [5.41, 5.74) is 1.08. The Hall–Kier alpha value is -1.53. The van der Waals surface area contributed by atoms with Crippen LogP contribution < -0.4 is 5.32 Å². The van der Waals surface area contributed by atoms with Crippen molar-refractivity contribution in [2.45, 2.75) is 4.58 Å². The minimum atomic E-state index is -0.865. The number of amides is 1. The number of halogens is 2. The smallest absolute Gasteiger partial charge is 0.261 e. The Morgan fingerprint density at radius 2 is 1.68 bits per heavy atom. The average Bonchev–Trinajstić information content (AvgIpc) is 3.01. The predicted molar refractivity (Wildman–Crippen MR) is 88.4 cm³/mol. The van der Waals surface area contributed by atoms with Crippen molar-refractivity contribution in [3.8, 4) is 0 Å². The van der Waals surface area contributed by atoms with E-state index in [-0.39, 0.29) is 0 Å². The van der Waals surface area contributed by atoms with E-state index in [9.17, 15) is 13.6 Å². The molecule has 0 unspecified atom stereocenters. The van der Waals surface area contributed by atoms with E-state index in [1.807, 2.05) is 41.7 Å². The van der Waals surface area contributed by atoms with E-state index in [4.69, 9.17) is 0 Å². The Labute approximate surface area is 135 Å². The molecule has 1 saturated heterocycles. The Morgan fingerprint density at radius 3 is 2.36 bits per heavy atom. The maximum atomic E-state index is 13.6. The number of hydrogen-bond acceptors (Lipinski definition) is 3. The van der Waals surface area contributed by atoms with Gasteiger partial charge < -0.3 is 5.32 Å². The number of anilines is 1. The SMILES string of the molecule is O=C(Nc1cccc(C2SCCS2)c1)c1c(F)cccc1F. The van der Waals surface area contributed by atoms with Gasteiger partial charge in [0.1, 0.15) is 17.2 Å². The van der Waals surface area contributed by atoms with Crippen molar-refractivity contribution < 1.29 is 13.6 Å². The quantitative estimate of drug-likeness (QED) is 0.880. The molecule has 1 fully saturated rings. The first kappa shape index (κ1) is 15.4. The number of carbonyl (C=O) groups is 1. The summed E-state index contributed by atoms with van der Waals surface area (Å²) in [6, 6.07) is 10.8. The maximum Gasteiger partial charge on any atom is 0.261 e. The second-order valence-electron chi connectivity index (χ2n) is 4.75. The second-order valence-corrected chi connectivity index (χ2v) is 7.47. The lowest BCUT2D eigenvalue weighted by atomic mass is 10.1. The standard InChI is InChI=1S/C16H13F2NOS2/c17-12-5-2-6-13(18)14(12)15(20)19-11-4-1-3-10(9-11)16-21-7-8-22-16/h1-6,9,16H,7-8H2,(H,19,20). The van der Waals surface area contributed by atoms with Gasteiger partial charge in [0.25, 0.3) is 5.91 Å². The van der Waals surface area contributed by atoms with Crippen molar-refractivity contribution in [2.24, 2.45) is 0 Å². The number of hydrogen-bond donors (Lipinski definition) is 1. The van der Waals surface area contributed by atoms with Gasteiger partial charge in [0.15, 0.2) is 0 Å². The number of nitrogens with one attached hydrogen (secondary N) is 1. The molecule has 2 aromatic carbocycles. The van der Waals surface area contributed by atoms with Gasteiger partial charge in [-0.25, -0.2) is 8.78 Å². The van der Waals surface area contributed by atoms with Crippen molar-refractivity contribution in [1.82, 2.24) is 0 Å². The summed E-state index contributed by atoms with van der Waals surface area (Å²) in [5, 5.41) is 2.57. The van der Waals surface area contributed by atoms with Crippen LogP contribution in [0.4, 0.5) is 14.5 Å². The molecule has 1 amide bonds. The molecule has 6 heteroatoms. The van der Waals surface area contributed by atoms with Gasteiger partial charge in [-0.2, -0.15) is 0 Å². The van der Waals surface area contributed by atoms with Crippen LogP contribution in [0.15, 0.2) is 42.5 Å². The lowest BCUT2D eigenvalue weighted by Gasteiger charge is -2.11. The van der Waals surface area contributed by atoms with E-state index in [1.165, 1.54) is 6.07 Å². The van der Waals surface area contributed by atoms with Crippen molar-refractivity contribution in [3.05, 3.63) is 65.2 Å². The fraction of sp³-hybridized carbons (Fsp3) is 0.188. The Morgan fingerprint density at radius 1 is 1.05 bits per heavy atom. The molecular formula is C16H13F2NOS2. The molecule has 3 rings (SSSR count). The highest BCUT2D eigenvalue weighted by Gasteiger charge is 2.20. The molecule has 0 radical (unpaired) electrons. The first-order valence-corrected chi connectivity index (χ1v) is 8.83. The highest BCUT2D eigenvalue weighted by atomic mass is 32.2. The molecule has 0 aromatic heterocycles. The summed E-state index contributed by atoms with van der Waals surface area (Å²) in [7, 11) is 0. The fourth-order valence-corrected chi connectivity index (χ4v) is 5.06. The number of benzene rings is 2. The van der Waals surface area contributed by atoms with Crippen LogP contribution in [-0.2, 0) is 0 Å². The van der Waals surface area contributed by atoms with Gasteiger partial charge in [-0.15, -0.1) is 23.5 Å². The van der Waals surface area contributed by atoms with Crippen molar-refractivity contribution in [3.63, 3.8) is 0 Å². The Kier molecular flexibility index (Phi) is 4.69. The summed E-state index contributed by atoms with van der Waals surface area (Å²) < 4.78 is 27.6. The molecule has 0 saturated carbocycles. The molecule has 0 spiro atoms. The largest absolute Gasteiger partial charge is 0.322 e. The summed E-state index contributed by atoms with van der Waals surface area (Å²) in [6.07, 6.45) is 0. The lowest BCUT2D eigenvalue weighted by Crippen LogP contribution is -2.15. The molecule has 1 heterocycles. The minimum absolute atomic E-state index is 0.349. The van der Waals surface area contributed by atoms with Crippen LogP contribution in [0.1, 0.15) is 20.5 Å². The molecule has 0 bridgehead atoms. The molecule has 2 nitrogen and oxygen atoms in total. The fourth-order valence-electron chi connectivity index (χ4n) is 2.22. The topological polar surface area (TPSA) is 29.1 Å². The van der Waals surface area contributed by atoms with E-state index in [2.05, 4.69) is 5.32 Å². The monoisotopic (exact) mass is 337 g/mol. The van der Waals surface area contributed by atoms with E-state index in [0.29, 0.717) is 10.3 Å². The summed E-state index contributed by atoms with van der Waals surface area (Å²) in [5.74, 6) is -0.302. The van der Waals surface area contributed by atoms with Crippen LogP contribution in [0.2, 0.25) is 0 Å². The van der Waals surface area contributed by atoms with Crippen molar-refractivity contribution in [1.29, 1.82) is 0 Å². The summed E-state index contributed by atoms with van der Waals surface area (Å²) in [4.78, 5) is 12.1. The normalized spacial score (nSPS) is 15.0. The highest BCUT2D eigenvalue weighted by molar-refractivity contribution is 8.19. The van der Waals surface area contributed by atoms with Gasteiger partial charge in [-0.05, 0) is 29.8 Å². The minimum Gasteiger partial charge on any atom is -0.322 e. The van der Waals surface area contributed by atoms with Crippen LogP contribution >= 0.6 is 23.5 Å². The molecule has 0 atom stereocenters. The highest BCUT2D eigenvalue weighted by Crippen LogP contribution is 2.45. The average molecular weight is 337 g/mol. The summed E-state index contributed by atoms with van der Waals surface area (Å²) in [6.45, 7) is 0. The van der Waals surface area contributed by atoms with Gasteiger partial charge in [-0.1, -0.05) is 18.2 Å². The third-order valence-electron chi connectivity index (χ3n) is 3.23. The van der Waals surface area contributed by atoms with Gasteiger partial charge >= 0.3 is 0 Å². The van der Waals surface area contributed by atoms with E-state index < -0.39 is 23.1 Å². The Bertz CT molecular complexity index is 682. The molecule has 1 aliphatic rings.